The molecule has 3 heterocycles. The molecular weight excluding hydrogens is 369 g/mol. The summed E-state index contributed by atoms with van der Waals surface area (Å²) in [7, 11) is 1.81. The first-order valence-corrected chi connectivity index (χ1v) is 9.45. The molecule has 1 atom stereocenters. The molecule has 0 aliphatic carbocycles. The van der Waals surface area contributed by atoms with Gasteiger partial charge in [0, 0.05) is 30.1 Å². The van der Waals surface area contributed by atoms with Crippen molar-refractivity contribution in [3.8, 4) is 0 Å². The molecule has 7 heteroatoms. The Balaban J connectivity index is 1.70. The van der Waals surface area contributed by atoms with Gasteiger partial charge in [0.05, 0.1) is 18.0 Å². The summed E-state index contributed by atoms with van der Waals surface area (Å²) in [6.45, 7) is 4.50. The van der Waals surface area contributed by atoms with Crippen molar-refractivity contribution < 1.29 is 9.18 Å². The van der Waals surface area contributed by atoms with Gasteiger partial charge in [-0.25, -0.2) is 9.37 Å². The van der Waals surface area contributed by atoms with E-state index in [0.717, 1.165) is 18.2 Å². The highest BCUT2D eigenvalue weighted by atomic mass is 19.1. The van der Waals surface area contributed by atoms with Crippen LogP contribution in [0.2, 0.25) is 0 Å². The molecule has 0 bridgehead atoms. The number of benzene rings is 1. The maximum atomic E-state index is 14.3. The maximum absolute atomic E-state index is 14.3. The number of hydrogen-bond acceptors (Lipinski definition) is 4. The highest BCUT2D eigenvalue weighted by molar-refractivity contribution is 6.08. The van der Waals surface area contributed by atoms with Crippen LogP contribution in [0.3, 0.4) is 0 Å². The van der Waals surface area contributed by atoms with Crippen LogP contribution in [0.25, 0.3) is 16.6 Å². The molecule has 2 N–H and O–H groups in total. The molecule has 3 aromatic rings. The summed E-state index contributed by atoms with van der Waals surface area (Å²) in [6.07, 6.45) is 3.03. The second kappa shape index (κ2) is 7.50. The van der Waals surface area contributed by atoms with Gasteiger partial charge < -0.3 is 15.3 Å². The SMILES string of the molecule is C=C(/C=N\N)c1ccc2cc(C(=O)N3CCCC3c3ccccc3F)n(C)c2n1. The number of nitrogens with zero attached hydrogens (tertiary/aromatic N) is 4. The van der Waals surface area contributed by atoms with Gasteiger partial charge in [0.15, 0.2) is 0 Å². The number of pyridine rings is 1. The van der Waals surface area contributed by atoms with E-state index in [-0.39, 0.29) is 17.8 Å². The van der Waals surface area contributed by atoms with Crippen LogP contribution in [0.4, 0.5) is 4.39 Å². The van der Waals surface area contributed by atoms with E-state index in [2.05, 4.69) is 16.7 Å². The minimum absolute atomic E-state index is 0.125. The molecule has 0 spiro atoms. The van der Waals surface area contributed by atoms with Crippen LogP contribution in [0.1, 0.15) is 40.6 Å². The summed E-state index contributed by atoms with van der Waals surface area (Å²) in [5, 5.41) is 4.33. The van der Waals surface area contributed by atoms with Crippen LogP contribution in [-0.2, 0) is 7.05 Å². The van der Waals surface area contributed by atoms with Crippen LogP contribution >= 0.6 is 0 Å². The molecule has 2 aromatic heterocycles. The molecule has 0 saturated carbocycles. The quantitative estimate of drug-likeness (QED) is 0.419. The lowest BCUT2D eigenvalue weighted by Gasteiger charge is -2.25. The fourth-order valence-corrected chi connectivity index (χ4v) is 3.96. The first kappa shape index (κ1) is 18.9. The smallest absolute Gasteiger partial charge is 0.271 e. The number of aryl methyl sites for hydroxylation is 1. The molecule has 29 heavy (non-hydrogen) atoms. The van der Waals surface area contributed by atoms with Crippen molar-refractivity contribution in [2.75, 3.05) is 6.54 Å². The molecule has 6 nitrogen and oxygen atoms in total. The number of hydrazone groups is 1. The Morgan fingerprint density at radius 3 is 2.90 bits per heavy atom. The van der Waals surface area contributed by atoms with Gasteiger partial charge in [-0.3, -0.25) is 4.79 Å². The van der Waals surface area contributed by atoms with E-state index >= 15 is 0 Å². The molecule has 1 unspecified atom stereocenters. The lowest BCUT2D eigenvalue weighted by molar-refractivity contribution is 0.0724. The third kappa shape index (κ3) is 3.29. The molecule has 1 aliphatic rings. The lowest BCUT2D eigenvalue weighted by Crippen LogP contribution is -2.32. The lowest BCUT2D eigenvalue weighted by atomic mass is 10.0. The van der Waals surface area contributed by atoms with E-state index in [1.54, 1.807) is 34.7 Å². The zero-order chi connectivity index (χ0) is 20.5. The van der Waals surface area contributed by atoms with E-state index in [1.807, 2.05) is 18.2 Å². The summed E-state index contributed by atoms with van der Waals surface area (Å²) in [6, 6.07) is 11.9. The Hall–Kier alpha value is -3.48. The van der Waals surface area contributed by atoms with Gasteiger partial charge in [-0.05, 0) is 37.1 Å². The van der Waals surface area contributed by atoms with E-state index in [9.17, 15) is 9.18 Å². The Morgan fingerprint density at radius 2 is 2.14 bits per heavy atom. The summed E-state index contributed by atoms with van der Waals surface area (Å²) in [5.41, 5.74) is 2.97. The normalized spacial score (nSPS) is 16.8. The van der Waals surface area contributed by atoms with Crippen LogP contribution in [-0.4, -0.2) is 33.1 Å². The van der Waals surface area contributed by atoms with Crippen molar-refractivity contribution >= 4 is 28.7 Å². The molecule has 1 aliphatic heterocycles. The summed E-state index contributed by atoms with van der Waals surface area (Å²) in [5.74, 6) is 4.79. The molecule has 1 saturated heterocycles. The number of aromatic nitrogens is 2. The molecule has 1 amide bonds. The predicted molar refractivity (Wildman–Crippen MR) is 112 cm³/mol. The van der Waals surface area contributed by atoms with Crippen molar-refractivity contribution in [3.63, 3.8) is 0 Å². The van der Waals surface area contributed by atoms with Gasteiger partial charge in [-0.2, -0.15) is 5.10 Å². The number of fused-ring (bicyclic) bond motifs is 1. The van der Waals surface area contributed by atoms with Crippen molar-refractivity contribution in [1.29, 1.82) is 0 Å². The predicted octanol–water partition coefficient (Wildman–Crippen LogP) is 3.65. The number of rotatable bonds is 4. The first-order valence-electron chi connectivity index (χ1n) is 9.45. The molecule has 1 fully saturated rings. The van der Waals surface area contributed by atoms with Gasteiger partial charge in [0.1, 0.15) is 17.2 Å². The zero-order valence-electron chi connectivity index (χ0n) is 16.2. The second-order valence-electron chi connectivity index (χ2n) is 7.18. The number of likely N-dealkylation sites (tertiary alicyclic amines) is 1. The zero-order valence-corrected chi connectivity index (χ0v) is 16.2. The highest BCUT2D eigenvalue weighted by Crippen LogP contribution is 2.35. The van der Waals surface area contributed by atoms with Gasteiger partial charge >= 0.3 is 0 Å². The topological polar surface area (TPSA) is 76.5 Å². The maximum Gasteiger partial charge on any atom is 0.271 e. The Morgan fingerprint density at radius 1 is 1.34 bits per heavy atom. The molecule has 0 radical (unpaired) electrons. The van der Waals surface area contributed by atoms with Gasteiger partial charge in [0.2, 0.25) is 0 Å². The first-order chi connectivity index (χ1) is 14.0. The van der Waals surface area contributed by atoms with Crippen molar-refractivity contribution in [3.05, 3.63) is 71.8 Å². The van der Waals surface area contributed by atoms with Gasteiger partial charge in [-0.1, -0.05) is 24.8 Å². The molecule has 148 valence electrons. The van der Waals surface area contributed by atoms with Crippen molar-refractivity contribution in [2.24, 2.45) is 18.0 Å². The number of nitrogens with two attached hydrogens (primary N) is 1. The number of hydrogen-bond donors (Lipinski definition) is 1. The Labute approximate surface area is 168 Å². The number of allylic oxidation sites excluding steroid dienone is 1. The number of carbonyl (C=O) groups is 1. The average Bonchev–Trinajstić information content (AvgIpc) is 3.33. The largest absolute Gasteiger partial charge is 0.330 e. The van der Waals surface area contributed by atoms with Crippen LogP contribution in [0.15, 0.2) is 54.1 Å². The third-order valence-electron chi connectivity index (χ3n) is 5.43. The standard InChI is InChI=1S/C22H22FN5O/c1-14(13-25-24)18-10-9-15-12-20(27(2)21(15)26-18)22(29)28-11-5-8-19(28)16-6-3-4-7-17(16)23/h3-4,6-7,9-10,12-13,19H,1,5,8,11,24H2,2H3/b25-13-. The minimum atomic E-state index is -0.277. The van der Waals surface area contributed by atoms with Crippen molar-refractivity contribution in [2.45, 2.75) is 18.9 Å². The summed E-state index contributed by atoms with van der Waals surface area (Å²) < 4.78 is 16.1. The van der Waals surface area contributed by atoms with E-state index < -0.39 is 0 Å². The fraction of sp³-hybridized carbons (Fsp3) is 0.227. The van der Waals surface area contributed by atoms with Gasteiger partial charge in [-0.15, -0.1) is 0 Å². The third-order valence-corrected chi connectivity index (χ3v) is 5.43. The second-order valence-corrected chi connectivity index (χ2v) is 7.18. The Bertz CT molecular complexity index is 1130. The molecule has 1 aromatic carbocycles. The number of amides is 1. The Kier molecular flexibility index (Phi) is 4.88. The average molecular weight is 391 g/mol. The van der Waals surface area contributed by atoms with Crippen LogP contribution in [0, 0.1) is 5.82 Å². The highest BCUT2D eigenvalue weighted by Gasteiger charge is 2.33. The number of halogens is 1. The monoisotopic (exact) mass is 391 g/mol. The number of carbonyl (C=O) groups excluding carboxylic acids is 1. The van der Waals surface area contributed by atoms with Crippen LogP contribution < -0.4 is 5.84 Å². The van der Waals surface area contributed by atoms with E-state index in [1.165, 1.54) is 12.3 Å². The summed E-state index contributed by atoms with van der Waals surface area (Å²) in [4.78, 5) is 19.7. The molecule has 4 rings (SSSR count). The summed E-state index contributed by atoms with van der Waals surface area (Å²) >= 11 is 0. The van der Waals surface area contributed by atoms with E-state index in [4.69, 9.17) is 5.84 Å². The van der Waals surface area contributed by atoms with E-state index in [0.29, 0.717) is 34.7 Å². The van der Waals surface area contributed by atoms with Gasteiger partial charge in [0.25, 0.3) is 5.91 Å². The van der Waals surface area contributed by atoms with Crippen molar-refractivity contribution in [1.82, 2.24) is 14.5 Å². The fourth-order valence-electron chi connectivity index (χ4n) is 3.96. The minimum Gasteiger partial charge on any atom is -0.330 e. The molecular formula is C22H22FN5O. The van der Waals surface area contributed by atoms with Crippen LogP contribution in [0.5, 0.6) is 0 Å².